The Hall–Kier alpha value is -3.99. The zero-order valence-electron chi connectivity index (χ0n) is 19.2. The van der Waals surface area contributed by atoms with E-state index in [-0.39, 0.29) is 24.5 Å². The van der Waals surface area contributed by atoms with Gasteiger partial charge in [-0.05, 0) is 80.6 Å². The van der Waals surface area contributed by atoms with E-state index in [1.807, 2.05) is 32.0 Å². The minimum atomic E-state index is -0.673. The number of nitrogens with zero attached hydrogens (tertiary/aromatic N) is 4. The largest absolute Gasteiger partial charge is 0.451 e. The van der Waals surface area contributed by atoms with Crippen LogP contribution in [0.4, 0.5) is 10.1 Å². The number of anilines is 1. The van der Waals surface area contributed by atoms with Gasteiger partial charge in [-0.2, -0.15) is 10.4 Å². The molecule has 0 saturated heterocycles. The van der Waals surface area contributed by atoms with Crippen molar-refractivity contribution in [2.75, 3.05) is 18.1 Å². The standard InChI is InChI=1S/C26H25FN4O3/c1-17-13-18(2)15-21(14-17)30(12-4-11-28)24(32)16-34-26(33)25-22-5-3-6-23(22)31(29-25)20-9-7-19(27)8-10-20/h7-10,13-15H,3-6,12,16H2,1-2H3. The number of hydrogen-bond acceptors (Lipinski definition) is 5. The number of nitriles is 1. The monoisotopic (exact) mass is 460 g/mol. The average molecular weight is 461 g/mol. The lowest BCUT2D eigenvalue weighted by Gasteiger charge is -2.22. The number of amides is 1. The number of hydrogen-bond donors (Lipinski definition) is 0. The van der Waals surface area contributed by atoms with Crippen LogP contribution in [0.3, 0.4) is 0 Å². The summed E-state index contributed by atoms with van der Waals surface area (Å²) in [5.41, 5.74) is 5.18. The van der Waals surface area contributed by atoms with Crippen LogP contribution < -0.4 is 4.90 Å². The van der Waals surface area contributed by atoms with Crippen LogP contribution >= 0.6 is 0 Å². The Morgan fingerprint density at radius 2 is 1.85 bits per heavy atom. The van der Waals surface area contributed by atoms with Gasteiger partial charge in [-0.3, -0.25) is 4.79 Å². The number of benzene rings is 2. The molecule has 2 aromatic carbocycles. The Labute approximate surface area is 197 Å². The van der Waals surface area contributed by atoms with Crippen LogP contribution in [-0.2, 0) is 22.4 Å². The third-order valence-corrected chi connectivity index (χ3v) is 5.79. The first-order valence-corrected chi connectivity index (χ1v) is 11.2. The summed E-state index contributed by atoms with van der Waals surface area (Å²) in [5.74, 6) is -1.44. The van der Waals surface area contributed by atoms with E-state index in [2.05, 4.69) is 11.2 Å². The fraction of sp³-hybridized carbons (Fsp3) is 0.308. The van der Waals surface area contributed by atoms with Gasteiger partial charge in [-0.25, -0.2) is 13.9 Å². The molecule has 0 radical (unpaired) electrons. The summed E-state index contributed by atoms with van der Waals surface area (Å²) in [7, 11) is 0. The van der Waals surface area contributed by atoms with E-state index in [1.54, 1.807) is 16.8 Å². The molecule has 174 valence electrons. The Morgan fingerprint density at radius 3 is 2.53 bits per heavy atom. The van der Waals surface area contributed by atoms with Gasteiger partial charge in [0.25, 0.3) is 5.91 Å². The van der Waals surface area contributed by atoms with Crippen LogP contribution in [0.5, 0.6) is 0 Å². The van der Waals surface area contributed by atoms with Gasteiger partial charge in [-0.1, -0.05) is 6.07 Å². The van der Waals surface area contributed by atoms with Gasteiger partial charge in [0.2, 0.25) is 0 Å². The molecule has 1 aliphatic rings. The molecule has 0 fully saturated rings. The Balaban J connectivity index is 1.52. The molecule has 4 rings (SSSR count). The summed E-state index contributed by atoms with van der Waals surface area (Å²) >= 11 is 0. The third kappa shape index (κ3) is 4.84. The zero-order chi connectivity index (χ0) is 24.2. The molecule has 0 saturated carbocycles. The molecule has 0 aliphatic heterocycles. The van der Waals surface area contributed by atoms with E-state index in [0.29, 0.717) is 17.8 Å². The Morgan fingerprint density at radius 1 is 1.15 bits per heavy atom. The first-order valence-electron chi connectivity index (χ1n) is 11.2. The highest BCUT2D eigenvalue weighted by atomic mass is 19.1. The number of aromatic nitrogens is 2. The van der Waals surface area contributed by atoms with Crippen molar-refractivity contribution in [2.24, 2.45) is 0 Å². The number of rotatable bonds is 7. The van der Waals surface area contributed by atoms with Crippen LogP contribution in [0.15, 0.2) is 42.5 Å². The lowest BCUT2D eigenvalue weighted by atomic mass is 10.1. The minimum absolute atomic E-state index is 0.155. The highest BCUT2D eigenvalue weighted by molar-refractivity contribution is 5.97. The quantitative estimate of drug-likeness (QED) is 0.493. The second kappa shape index (κ2) is 9.87. The highest BCUT2D eigenvalue weighted by Gasteiger charge is 2.29. The number of halogens is 1. The molecule has 0 spiro atoms. The van der Waals surface area contributed by atoms with Gasteiger partial charge < -0.3 is 9.64 Å². The van der Waals surface area contributed by atoms with Crippen LogP contribution in [0.1, 0.15) is 45.7 Å². The molecule has 1 amide bonds. The summed E-state index contributed by atoms with van der Waals surface area (Å²) in [5, 5.41) is 13.5. The number of aryl methyl sites for hydroxylation is 2. The number of carbonyl (C=O) groups excluding carboxylic acids is 2. The normalized spacial score (nSPS) is 12.2. The van der Waals surface area contributed by atoms with E-state index in [1.165, 1.54) is 17.0 Å². The number of fused-ring (bicyclic) bond motifs is 1. The molecule has 1 aromatic heterocycles. The maximum Gasteiger partial charge on any atom is 0.359 e. The minimum Gasteiger partial charge on any atom is -0.451 e. The molecular weight excluding hydrogens is 435 g/mol. The smallest absolute Gasteiger partial charge is 0.359 e. The Kier molecular flexibility index (Phi) is 6.73. The van der Waals surface area contributed by atoms with E-state index in [9.17, 15) is 14.0 Å². The zero-order valence-corrected chi connectivity index (χ0v) is 19.2. The highest BCUT2D eigenvalue weighted by Crippen LogP contribution is 2.28. The van der Waals surface area contributed by atoms with Crippen molar-refractivity contribution in [3.8, 4) is 11.8 Å². The third-order valence-electron chi connectivity index (χ3n) is 5.79. The summed E-state index contributed by atoms with van der Waals surface area (Å²) in [6, 6.07) is 13.7. The van der Waals surface area contributed by atoms with Crippen LogP contribution in [0, 0.1) is 31.0 Å². The Bertz CT molecular complexity index is 1250. The first kappa shape index (κ1) is 23.2. The van der Waals surface area contributed by atoms with E-state index in [4.69, 9.17) is 10.00 Å². The topological polar surface area (TPSA) is 88.2 Å². The maximum absolute atomic E-state index is 13.3. The molecule has 0 unspecified atom stereocenters. The van der Waals surface area contributed by atoms with Gasteiger partial charge >= 0.3 is 5.97 Å². The van der Waals surface area contributed by atoms with Crippen molar-refractivity contribution in [1.29, 1.82) is 5.26 Å². The van der Waals surface area contributed by atoms with Crippen molar-refractivity contribution in [3.05, 3.63) is 76.4 Å². The molecule has 1 aliphatic carbocycles. The van der Waals surface area contributed by atoms with Crippen LogP contribution in [0.25, 0.3) is 5.69 Å². The SMILES string of the molecule is Cc1cc(C)cc(N(CCC#N)C(=O)COC(=O)c2nn(-c3ccc(F)cc3)c3c2CCC3)c1. The number of esters is 1. The number of ether oxygens (including phenoxy) is 1. The molecule has 8 heteroatoms. The number of carbonyl (C=O) groups is 2. The molecule has 0 bridgehead atoms. The van der Waals surface area contributed by atoms with Gasteiger partial charge in [-0.15, -0.1) is 0 Å². The molecule has 34 heavy (non-hydrogen) atoms. The predicted molar refractivity (Wildman–Crippen MR) is 124 cm³/mol. The lowest BCUT2D eigenvalue weighted by Crippen LogP contribution is -2.35. The average Bonchev–Trinajstić information content (AvgIpc) is 3.41. The van der Waals surface area contributed by atoms with E-state index < -0.39 is 18.5 Å². The molecule has 3 aromatic rings. The fourth-order valence-electron chi connectivity index (χ4n) is 4.34. The fourth-order valence-corrected chi connectivity index (χ4v) is 4.34. The second-order valence-corrected chi connectivity index (χ2v) is 8.39. The summed E-state index contributed by atoms with van der Waals surface area (Å²) in [4.78, 5) is 27.4. The maximum atomic E-state index is 13.3. The summed E-state index contributed by atoms with van der Waals surface area (Å²) in [6.07, 6.45) is 2.47. The second-order valence-electron chi connectivity index (χ2n) is 8.39. The van der Waals surface area contributed by atoms with Crippen molar-refractivity contribution in [2.45, 2.75) is 39.5 Å². The first-order chi connectivity index (χ1) is 16.4. The predicted octanol–water partition coefficient (Wildman–Crippen LogP) is 4.22. The van der Waals surface area contributed by atoms with Gasteiger partial charge in [0.15, 0.2) is 12.3 Å². The van der Waals surface area contributed by atoms with Crippen LogP contribution in [-0.4, -0.2) is 34.8 Å². The van der Waals surface area contributed by atoms with Crippen molar-refractivity contribution < 1.29 is 18.7 Å². The van der Waals surface area contributed by atoms with Crippen molar-refractivity contribution >= 4 is 17.6 Å². The van der Waals surface area contributed by atoms with Gasteiger partial charge in [0.1, 0.15) is 5.82 Å². The molecule has 0 atom stereocenters. The van der Waals surface area contributed by atoms with Crippen molar-refractivity contribution in [1.82, 2.24) is 9.78 Å². The van der Waals surface area contributed by atoms with Crippen molar-refractivity contribution in [3.63, 3.8) is 0 Å². The summed E-state index contributed by atoms with van der Waals surface area (Å²) in [6.45, 7) is 3.60. The molecule has 0 N–H and O–H groups in total. The lowest BCUT2D eigenvalue weighted by molar-refractivity contribution is -0.121. The van der Waals surface area contributed by atoms with Gasteiger partial charge in [0.05, 0.1) is 18.2 Å². The van der Waals surface area contributed by atoms with E-state index >= 15 is 0 Å². The molecule has 7 nitrogen and oxygen atoms in total. The molecule has 1 heterocycles. The molecular formula is C26H25FN4O3. The van der Waals surface area contributed by atoms with Gasteiger partial charge in [0, 0.05) is 23.5 Å². The van der Waals surface area contributed by atoms with E-state index in [0.717, 1.165) is 35.2 Å². The van der Waals surface area contributed by atoms with Crippen LogP contribution in [0.2, 0.25) is 0 Å². The summed E-state index contributed by atoms with van der Waals surface area (Å²) < 4.78 is 20.4.